The number of hydrogen-bond acceptors (Lipinski definition) is 5. The molecule has 1 saturated heterocycles. The molecule has 0 spiro atoms. The molecule has 0 amide bonds. The van der Waals surface area contributed by atoms with Crippen LogP contribution in [0.2, 0.25) is 0 Å². The van der Waals surface area contributed by atoms with Crippen molar-refractivity contribution in [3.05, 3.63) is 29.6 Å². The first-order chi connectivity index (χ1) is 11.0. The van der Waals surface area contributed by atoms with Gasteiger partial charge in [0.15, 0.2) is 0 Å². The number of nitrogens with one attached hydrogen (secondary N) is 1. The topological polar surface area (TPSA) is 82.4 Å². The van der Waals surface area contributed by atoms with Crippen molar-refractivity contribution >= 4 is 10.0 Å². The van der Waals surface area contributed by atoms with Gasteiger partial charge in [-0.3, -0.25) is 4.90 Å². The van der Waals surface area contributed by atoms with Crippen LogP contribution in [-0.4, -0.2) is 52.7 Å². The maximum atomic E-state index is 13.3. The molecule has 0 saturated carbocycles. The van der Waals surface area contributed by atoms with Gasteiger partial charge in [0.05, 0.1) is 17.1 Å². The highest BCUT2D eigenvalue weighted by atomic mass is 32.2. The van der Waals surface area contributed by atoms with Crippen molar-refractivity contribution in [3.8, 4) is 6.07 Å². The van der Waals surface area contributed by atoms with Crippen LogP contribution < -0.4 is 4.72 Å². The molecule has 1 atom stereocenters. The minimum Gasteiger partial charge on any atom is -0.383 e. The summed E-state index contributed by atoms with van der Waals surface area (Å²) >= 11 is 0. The first kappa shape index (κ1) is 17.8. The molecule has 1 N–H and O–H groups in total. The molecule has 1 aromatic carbocycles. The maximum Gasteiger partial charge on any atom is 0.240 e. The van der Waals surface area contributed by atoms with Crippen LogP contribution >= 0.6 is 0 Å². The molecule has 6 nitrogen and oxygen atoms in total. The summed E-state index contributed by atoms with van der Waals surface area (Å²) in [6, 6.07) is 4.97. The van der Waals surface area contributed by atoms with Gasteiger partial charge in [-0.1, -0.05) is 0 Å². The second kappa shape index (κ2) is 7.84. The number of halogens is 1. The molecule has 0 radical (unpaired) electrons. The fraction of sp³-hybridized carbons (Fsp3) is 0.533. The number of rotatable bonds is 7. The lowest BCUT2D eigenvalue weighted by Gasteiger charge is -2.24. The quantitative estimate of drug-likeness (QED) is 0.803. The van der Waals surface area contributed by atoms with E-state index in [0.29, 0.717) is 6.61 Å². The molecule has 1 aromatic rings. The highest BCUT2D eigenvalue weighted by Crippen LogP contribution is 2.18. The van der Waals surface area contributed by atoms with E-state index in [-0.39, 0.29) is 23.0 Å². The Kier molecular flexibility index (Phi) is 6.07. The van der Waals surface area contributed by atoms with Crippen LogP contribution in [0.1, 0.15) is 18.4 Å². The Morgan fingerprint density at radius 3 is 3.00 bits per heavy atom. The van der Waals surface area contributed by atoms with E-state index >= 15 is 0 Å². The standard InChI is InChI=1S/C15H20FN3O3S/c1-22-8-7-19-6-2-3-13(19)11-18-23(20,21)14-4-5-15(16)12(9-14)10-17/h4-5,9,13,18H,2-3,6-8,11H2,1H3. The van der Waals surface area contributed by atoms with E-state index in [1.807, 2.05) is 0 Å². The summed E-state index contributed by atoms with van der Waals surface area (Å²) in [5, 5.41) is 8.80. The Bertz CT molecular complexity index is 688. The summed E-state index contributed by atoms with van der Waals surface area (Å²) in [6.07, 6.45) is 1.93. The van der Waals surface area contributed by atoms with Crippen molar-refractivity contribution in [3.63, 3.8) is 0 Å². The number of hydrogen-bond donors (Lipinski definition) is 1. The highest BCUT2D eigenvalue weighted by Gasteiger charge is 2.26. The summed E-state index contributed by atoms with van der Waals surface area (Å²) in [6.45, 7) is 2.57. The van der Waals surface area contributed by atoms with Crippen LogP contribution in [0.3, 0.4) is 0 Å². The van der Waals surface area contributed by atoms with E-state index in [1.165, 1.54) is 0 Å². The van der Waals surface area contributed by atoms with Crippen LogP contribution in [0.15, 0.2) is 23.1 Å². The SMILES string of the molecule is COCCN1CCCC1CNS(=O)(=O)c1ccc(F)c(C#N)c1. The Balaban J connectivity index is 2.03. The average Bonchev–Trinajstić information content (AvgIpc) is 2.98. The normalized spacial score (nSPS) is 18.9. The summed E-state index contributed by atoms with van der Waals surface area (Å²) < 4.78 is 45.5. The zero-order valence-corrected chi connectivity index (χ0v) is 13.8. The molecule has 2 rings (SSSR count). The molecule has 8 heteroatoms. The third kappa shape index (κ3) is 4.48. The first-order valence-electron chi connectivity index (χ1n) is 7.40. The Labute approximate surface area is 135 Å². The molecule has 1 unspecified atom stereocenters. The molecule has 1 aliphatic rings. The van der Waals surface area contributed by atoms with Crippen molar-refractivity contribution in [1.29, 1.82) is 5.26 Å². The number of nitriles is 1. The number of sulfonamides is 1. The van der Waals surface area contributed by atoms with Gasteiger partial charge in [0.2, 0.25) is 10.0 Å². The average molecular weight is 341 g/mol. The van der Waals surface area contributed by atoms with E-state index in [2.05, 4.69) is 9.62 Å². The second-order valence-corrected chi connectivity index (χ2v) is 7.20. The van der Waals surface area contributed by atoms with Crippen LogP contribution in [0.5, 0.6) is 0 Å². The Morgan fingerprint density at radius 2 is 2.30 bits per heavy atom. The van der Waals surface area contributed by atoms with Gasteiger partial charge < -0.3 is 4.74 Å². The molecule has 1 heterocycles. The molecule has 0 aromatic heterocycles. The Hall–Kier alpha value is -1.53. The zero-order valence-electron chi connectivity index (χ0n) is 13.0. The zero-order chi connectivity index (χ0) is 16.9. The van der Waals surface area contributed by atoms with Gasteiger partial charge in [-0.05, 0) is 37.6 Å². The lowest BCUT2D eigenvalue weighted by Crippen LogP contribution is -2.41. The van der Waals surface area contributed by atoms with Crippen LogP contribution in [0, 0.1) is 17.1 Å². The minimum absolute atomic E-state index is 0.100. The third-order valence-corrected chi connectivity index (χ3v) is 5.38. The van der Waals surface area contributed by atoms with E-state index in [4.69, 9.17) is 10.00 Å². The smallest absolute Gasteiger partial charge is 0.240 e. The summed E-state index contributed by atoms with van der Waals surface area (Å²) in [5.74, 6) is -0.729. The van der Waals surface area contributed by atoms with Gasteiger partial charge in [0.25, 0.3) is 0 Å². The van der Waals surface area contributed by atoms with Crippen molar-refractivity contribution in [2.45, 2.75) is 23.8 Å². The van der Waals surface area contributed by atoms with Crippen molar-refractivity contribution in [2.75, 3.05) is 33.4 Å². The van der Waals surface area contributed by atoms with Crippen LogP contribution in [0.25, 0.3) is 0 Å². The molecular weight excluding hydrogens is 321 g/mol. The van der Waals surface area contributed by atoms with Crippen molar-refractivity contribution < 1.29 is 17.5 Å². The van der Waals surface area contributed by atoms with E-state index in [0.717, 1.165) is 44.1 Å². The third-order valence-electron chi connectivity index (χ3n) is 3.96. The van der Waals surface area contributed by atoms with Crippen molar-refractivity contribution in [1.82, 2.24) is 9.62 Å². The lowest BCUT2D eigenvalue weighted by atomic mass is 10.2. The molecule has 126 valence electrons. The van der Waals surface area contributed by atoms with Gasteiger partial charge in [-0.15, -0.1) is 0 Å². The number of likely N-dealkylation sites (tertiary alicyclic amines) is 1. The number of benzene rings is 1. The molecular formula is C15H20FN3O3S. The second-order valence-electron chi connectivity index (χ2n) is 5.43. The fourth-order valence-electron chi connectivity index (χ4n) is 2.68. The molecule has 1 fully saturated rings. The molecule has 23 heavy (non-hydrogen) atoms. The van der Waals surface area contributed by atoms with E-state index < -0.39 is 15.8 Å². The van der Waals surface area contributed by atoms with Crippen LogP contribution in [-0.2, 0) is 14.8 Å². The largest absolute Gasteiger partial charge is 0.383 e. The fourth-order valence-corrected chi connectivity index (χ4v) is 3.77. The number of ether oxygens (including phenoxy) is 1. The van der Waals surface area contributed by atoms with Gasteiger partial charge in [0.1, 0.15) is 11.9 Å². The number of nitrogens with zero attached hydrogens (tertiary/aromatic N) is 2. The molecule has 0 bridgehead atoms. The van der Waals surface area contributed by atoms with E-state index in [1.54, 1.807) is 13.2 Å². The first-order valence-corrected chi connectivity index (χ1v) is 8.88. The molecule has 0 aliphatic carbocycles. The summed E-state index contributed by atoms with van der Waals surface area (Å²) in [5.41, 5.74) is -0.282. The Morgan fingerprint density at radius 1 is 1.52 bits per heavy atom. The predicted octanol–water partition coefficient (Wildman–Crippen LogP) is 1.09. The highest BCUT2D eigenvalue weighted by molar-refractivity contribution is 7.89. The van der Waals surface area contributed by atoms with Crippen LogP contribution in [0.4, 0.5) is 4.39 Å². The van der Waals surface area contributed by atoms with Crippen molar-refractivity contribution in [2.24, 2.45) is 0 Å². The number of methoxy groups -OCH3 is 1. The van der Waals surface area contributed by atoms with Gasteiger partial charge in [-0.2, -0.15) is 5.26 Å². The van der Waals surface area contributed by atoms with E-state index in [9.17, 15) is 12.8 Å². The minimum atomic E-state index is -3.77. The predicted molar refractivity (Wildman–Crippen MR) is 82.8 cm³/mol. The van der Waals surface area contributed by atoms with Gasteiger partial charge in [-0.25, -0.2) is 17.5 Å². The van der Waals surface area contributed by atoms with Gasteiger partial charge in [0, 0.05) is 26.2 Å². The summed E-state index contributed by atoms with van der Waals surface area (Å²) in [7, 11) is -2.13. The van der Waals surface area contributed by atoms with Gasteiger partial charge >= 0.3 is 0 Å². The summed E-state index contributed by atoms with van der Waals surface area (Å²) in [4.78, 5) is 2.09. The monoisotopic (exact) mass is 341 g/mol. The lowest BCUT2D eigenvalue weighted by molar-refractivity contribution is 0.141. The maximum absolute atomic E-state index is 13.3. The molecule has 1 aliphatic heterocycles.